The molecule has 2 rings (SSSR count). The highest BCUT2D eigenvalue weighted by Gasteiger charge is 2.28. The van der Waals surface area contributed by atoms with Gasteiger partial charge in [-0.2, -0.15) is 0 Å². The molecule has 0 saturated carbocycles. The van der Waals surface area contributed by atoms with Crippen LogP contribution in [0.4, 0.5) is 0 Å². The molecule has 0 aliphatic heterocycles. The molecule has 1 aliphatic rings. The van der Waals surface area contributed by atoms with Crippen LogP contribution in [0.3, 0.4) is 0 Å². The number of carbonyl (C=O) groups excluding carboxylic acids is 2. The van der Waals surface area contributed by atoms with Crippen LogP contribution in [0.1, 0.15) is 85.4 Å². The van der Waals surface area contributed by atoms with Gasteiger partial charge in [-0.05, 0) is 26.2 Å². The summed E-state index contributed by atoms with van der Waals surface area (Å²) in [5.41, 5.74) is 2.45. The standard InChI is InChI=1S/C21H28O3/c1-16-17(12-8-6-4-2-3-5-7-11-15-22)21(24)19-14-10-9-13-18(19)20(16)23/h9-10,13-14,22H,2-8,11-12,15H2,1H3. The third-order valence-electron chi connectivity index (χ3n) is 4.82. The van der Waals surface area contributed by atoms with Crippen LogP contribution in [0, 0.1) is 0 Å². The number of ketones is 2. The summed E-state index contributed by atoms with van der Waals surface area (Å²) in [6.45, 7) is 2.08. The van der Waals surface area contributed by atoms with E-state index in [0.717, 1.165) is 25.7 Å². The number of carbonyl (C=O) groups is 2. The molecular weight excluding hydrogens is 300 g/mol. The molecule has 0 fully saturated rings. The molecule has 1 aromatic carbocycles. The van der Waals surface area contributed by atoms with Crippen molar-refractivity contribution in [1.82, 2.24) is 0 Å². The van der Waals surface area contributed by atoms with Gasteiger partial charge in [0, 0.05) is 28.9 Å². The van der Waals surface area contributed by atoms with Crippen LogP contribution in [0.2, 0.25) is 0 Å². The smallest absolute Gasteiger partial charge is 0.190 e. The summed E-state index contributed by atoms with van der Waals surface area (Å²) < 4.78 is 0. The molecule has 0 heterocycles. The third kappa shape index (κ3) is 4.64. The van der Waals surface area contributed by atoms with Crippen LogP contribution in [0.5, 0.6) is 0 Å². The van der Waals surface area contributed by atoms with Crippen LogP contribution in [-0.4, -0.2) is 23.3 Å². The molecule has 3 heteroatoms. The van der Waals surface area contributed by atoms with Gasteiger partial charge in [-0.15, -0.1) is 0 Å². The second-order valence-electron chi connectivity index (χ2n) is 6.61. The van der Waals surface area contributed by atoms with Crippen LogP contribution >= 0.6 is 0 Å². The number of aliphatic hydroxyl groups is 1. The minimum absolute atomic E-state index is 0.00378. The number of hydrogen-bond acceptors (Lipinski definition) is 3. The fraction of sp³-hybridized carbons (Fsp3) is 0.524. The molecule has 0 radical (unpaired) electrons. The molecule has 3 nitrogen and oxygen atoms in total. The summed E-state index contributed by atoms with van der Waals surface area (Å²) in [7, 11) is 0. The van der Waals surface area contributed by atoms with Crippen molar-refractivity contribution in [2.24, 2.45) is 0 Å². The number of Topliss-reactive ketones (excluding diaryl/α,β-unsaturated/α-hetero) is 2. The maximum atomic E-state index is 12.6. The lowest BCUT2D eigenvalue weighted by atomic mass is 9.82. The molecule has 0 bridgehead atoms. The Morgan fingerprint density at radius 2 is 1.25 bits per heavy atom. The number of hydrogen-bond donors (Lipinski definition) is 1. The van der Waals surface area contributed by atoms with Crippen molar-refractivity contribution in [3.05, 3.63) is 46.5 Å². The number of benzene rings is 1. The lowest BCUT2D eigenvalue weighted by Crippen LogP contribution is -2.20. The molecule has 0 spiro atoms. The SMILES string of the molecule is CC1=C(CCCCCCCCCCO)C(=O)c2ccccc2C1=O. The highest BCUT2D eigenvalue weighted by Crippen LogP contribution is 2.29. The van der Waals surface area contributed by atoms with Gasteiger partial charge in [0.25, 0.3) is 0 Å². The minimum Gasteiger partial charge on any atom is -0.396 e. The first-order valence-electron chi connectivity index (χ1n) is 9.16. The maximum Gasteiger partial charge on any atom is 0.190 e. The highest BCUT2D eigenvalue weighted by molar-refractivity contribution is 6.26. The van der Waals surface area contributed by atoms with E-state index in [1.165, 1.54) is 25.7 Å². The Balaban J connectivity index is 1.78. The number of aliphatic hydroxyl groups excluding tert-OH is 1. The second-order valence-corrected chi connectivity index (χ2v) is 6.61. The first kappa shape index (κ1) is 18.6. The van der Waals surface area contributed by atoms with E-state index in [1.807, 2.05) is 12.1 Å². The average Bonchev–Trinajstić information content (AvgIpc) is 2.61. The topological polar surface area (TPSA) is 54.4 Å². The van der Waals surface area contributed by atoms with Gasteiger partial charge in [-0.1, -0.05) is 62.8 Å². The third-order valence-corrected chi connectivity index (χ3v) is 4.82. The zero-order valence-corrected chi connectivity index (χ0v) is 14.6. The normalized spacial score (nSPS) is 14.2. The first-order chi connectivity index (χ1) is 11.7. The Bertz CT molecular complexity index is 613. The molecular formula is C21H28O3. The van der Waals surface area contributed by atoms with Crippen molar-refractivity contribution in [3.8, 4) is 0 Å². The van der Waals surface area contributed by atoms with Gasteiger partial charge in [0.1, 0.15) is 0 Å². The summed E-state index contributed by atoms with van der Waals surface area (Å²) in [6.07, 6.45) is 9.56. The molecule has 0 atom stereocenters. The number of unbranched alkanes of at least 4 members (excludes halogenated alkanes) is 7. The quantitative estimate of drug-likeness (QED) is 0.622. The molecule has 24 heavy (non-hydrogen) atoms. The Morgan fingerprint density at radius 3 is 1.83 bits per heavy atom. The van der Waals surface area contributed by atoms with E-state index < -0.39 is 0 Å². The second kappa shape index (κ2) is 9.53. The zero-order chi connectivity index (χ0) is 17.4. The largest absolute Gasteiger partial charge is 0.396 e. The van der Waals surface area contributed by atoms with Crippen LogP contribution < -0.4 is 0 Å². The van der Waals surface area contributed by atoms with E-state index in [9.17, 15) is 9.59 Å². The van der Waals surface area contributed by atoms with Gasteiger partial charge in [-0.3, -0.25) is 9.59 Å². The minimum atomic E-state index is 0.00378. The number of rotatable bonds is 10. The predicted molar refractivity (Wildman–Crippen MR) is 96.4 cm³/mol. The Morgan fingerprint density at radius 1 is 0.750 bits per heavy atom. The van der Waals surface area contributed by atoms with Crippen molar-refractivity contribution in [3.63, 3.8) is 0 Å². The molecule has 1 N–H and O–H groups in total. The van der Waals surface area contributed by atoms with E-state index in [0.29, 0.717) is 35.3 Å². The van der Waals surface area contributed by atoms with Gasteiger partial charge >= 0.3 is 0 Å². The van der Waals surface area contributed by atoms with E-state index in [-0.39, 0.29) is 11.6 Å². The summed E-state index contributed by atoms with van der Waals surface area (Å²) in [5.74, 6) is 0.0378. The molecule has 0 amide bonds. The van der Waals surface area contributed by atoms with Crippen molar-refractivity contribution >= 4 is 11.6 Å². The summed E-state index contributed by atoms with van der Waals surface area (Å²) in [5, 5.41) is 8.73. The molecule has 0 unspecified atom stereocenters. The Hall–Kier alpha value is -1.74. The van der Waals surface area contributed by atoms with Crippen molar-refractivity contribution in [2.75, 3.05) is 6.61 Å². The van der Waals surface area contributed by atoms with Crippen LogP contribution in [0.15, 0.2) is 35.4 Å². The Labute approximate surface area is 144 Å². The summed E-state index contributed by atoms with van der Waals surface area (Å²) >= 11 is 0. The van der Waals surface area contributed by atoms with E-state index in [4.69, 9.17) is 5.11 Å². The molecule has 130 valence electrons. The van der Waals surface area contributed by atoms with Crippen LogP contribution in [0.25, 0.3) is 0 Å². The summed E-state index contributed by atoms with van der Waals surface area (Å²) in [4.78, 5) is 25.0. The van der Waals surface area contributed by atoms with Gasteiger partial charge in [-0.25, -0.2) is 0 Å². The van der Waals surface area contributed by atoms with Crippen molar-refractivity contribution in [1.29, 1.82) is 0 Å². The molecule has 1 aliphatic carbocycles. The first-order valence-corrected chi connectivity index (χ1v) is 9.16. The van der Waals surface area contributed by atoms with Crippen LogP contribution in [-0.2, 0) is 0 Å². The lowest BCUT2D eigenvalue weighted by Gasteiger charge is -2.18. The van der Waals surface area contributed by atoms with Gasteiger partial charge in [0.2, 0.25) is 0 Å². The van der Waals surface area contributed by atoms with Crippen molar-refractivity contribution < 1.29 is 14.7 Å². The predicted octanol–water partition coefficient (Wildman–Crippen LogP) is 4.89. The monoisotopic (exact) mass is 328 g/mol. The Kier molecular flexibility index (Phi) is 7.38. The average molecular weight is 328 g/mol. The summed E-state index contributed by atoms with van der Waals surface area (Å²) in [6, 6.07) is 7.13. The molecule has 0 saturated heterocycles. The van der Waals surface area contributed by atoms with E-state index in [1.54, 1.807) is 19.1 Å². The molecule has 1 aromatic rings. The molecule has 0 aromatic heterocycles. The van der Waals surface area contributed by atoms with Gasteiger partial charge in [0.05, 0.1) is 0 Å². The van der Waals surface area contributed by atoms with E-state index in [2.05, 4.69) is 0 Å². The number of allylic oxidation sites excluding steroid dienone is 2. The number of fused-ring (bicyclic) bond motifs is 1. The fourth-order valence-electron chi connectivity index (χ4n) is 3.33. The van der Waals surface area contributed by atoms with Gasteiger partial charge in [0.15, 0.2) is 11.6 Å². The zero-order valence-electron chi connectivity index (χ0n) is 14.6. The fourth-order valence-corrected chi connectivity index (χ4v) is 3.33. The van der Waals surface area contributed by atoms with Crippen molar-refractivity contribution in [2.45, 2.75) is 64.7 Å². The maximum absolute atomic E-state index is 12.6. The highest BCUT2D eigenvalue weighted by atomic mass is 16.2. The lowest BCUT2D eigenvalue weighted by molar-refractivity contribution is 0.0971. The van der Waals surface area contributed by atoms with E-state index >= 15 is 0 Å². The van der Waals surface area contributed by atoms with Gasteiger partial charge < -0.3 is 5.11 Å².